The average Bonchev–Trinajstić information content (AvgIpc) is 2.71. The van der Waals surface area contributed by atoms with E-state index in [-0.39, 0.29) is 13.2 Å². The van der Waals surface area contributed by atoms with Crippen LogP contribution >= 0.6 is 0 Å². The molecule has 138 valence electrons. The first-order valence-electron chi connectivity index (χ1n) is 8.13. The van der Waals surface area contributed by atoms with Gasteiger partial charge in [0.15, 0.2) is 0 Å². The Kier molecular flexibility index (Phi) is 7.11. The fraction of sp³-hybridized carbons (Fsp3) is 0.150. The second-order valence-electron chi connectivity index (χ2n) is 5.44. The maximum Gasteiger partial charge on any atom is 0.330 e. The lowest BCUT2D eigenvalue weighted by atomic mass is 10.2. The molecule has 0 aromatic heterocycles. The van der Waals surface area contributed by atoms with Crippen molar-refractivity contribution in [3.63, 3.8) is 0 Å². The van der Waals surface area contributed by atoms with Crippen LogP contribution in [0.2, 0.25) is 0 Å². The number of nitriles is 1. The molecule has 0 aliphatic carbocycles. The number of carbonyl (C=O) groups excluding carboxylic acids is 2. The molecule has 0 fully saturated rings. The van der Waals surface area contributed by atoms with E-state index in [0.717, 1.165) is 5.56 Å². The molecular formula is C20H19N3O4. The van der Waals surface area contributed by atoms with Crippen LogP contribution in [0.25, 0.3) is 6.08 Å². The molecule has 0 aliphatic heterocycles. The van der Waals surface area contributed by atoms with Gasteiger partial charge in [0.05, 0.1) is 31.9 Å². The van der Waals surface area contributed by atoms with E-state index in [1.807, 2.05) is 6.07 Å². The van der Waals surface area contributed by atoms with Crippen LogP contribution in [0.3, 0.4) is 0 Å². The predicted octanol–water partition coefficient (Wildman–Crippen LogP) is 2.78. The highest BCUT2D eigenvalue weighted by Gasteiger charge is 2.15. The lowest BCUT2D eigenvalue weighted by Gasteiger charge is -2.22. The Morgan fingerprint density at radius 3 is 2.41 bits per heavy atom. The summed E-state index contributed by atoms with van der Waals surface area (Å²) in [6.07, 6.45) is 2.90. The summed E-state index contributed by atoms with van der Waals surface area (Å²) in [6, 6.07) is 15.0. The summed E-state index contributed by atoms with van der Waals surface area (Å²) in [7, 11) is 1.30. The molecule has 0 aliphatic rings. The van der Waals surface area contributed by atoms with Gasteiger partial charge in [-0.15, -0.1) is 0 Å². The molecule has 2 rings (SSSR count). The van der Waals surface area contributed by atoms with Gasteiger partial charge in [-0.1, -0.05) is 12.1 Å². The molecule has 2 amide bonds. The zero-order chi connectivity index (χ0) is 19.6. The fourth-order valence-corrected chi connectivity index (χ4v) is 2.26. The minimum atomic E-state index is -0.456. The molecule has 0 heterocycles. The van der Waals surface area contributed by atoms with Gasteiger partial charge in [0.2, 0.25) is 0 Å². The van der Waals surface area contributed by atoms with Crippen LogP contribution in [-0.2, 0) is 9.53 Å². The van der Waals surface area contributed by atoms with Crippen molar-refractivity contribution in [1.29, 1.82) is 5.26 Å². The molecule has 7 heteroatoms. The molecule has 27 heavy (non-hydrogen) atoms. The molecule has 2 N–H and O–H groups in total. The minimum absolute atomic E-state index is 0.111. The zero-order valence-electron chi connectivity index (χ0n) is 14.8. The summed E-state index contributed by atoms with van der Waals surface area (Å²) in [5.41, 5.74) is 2.39. The van der Waals surface area contributed by atoms with Gasteiger partial charge in [-0.25, -0.2) is 9.59 Å². The number of ether oxygens (including phenoxy) is 1. The highest BCUT2D eigenvalue weighted by molar-refractivity contribution is 6.01. The van der Waals surface area contributed by atoms with Gasteiger partial charge in [-0.05, 0) is 48.0 Å². The highest BCUT2D eigenvalue weighted by atomic mass is 16.5. The summed E-state index contributed by atoms with van der Waals surface area (Å²) < 4.78 is 4.54. The Morgan fingerprint density at radius 1 is 1.19 bits per heavy atom. The SMILES string of the molecule is COC(=O)/C=C/c1ccc(N(CCO)C(=O)Nc2ccc(C#N)cc2)cc1. The Labute approximate surface area is 157 Å². The van der Waals surface area contributed by atoms with Crippen LogP contribution in [0, 0.1) is 11.3 Å². The van der Waals surface area contributed by atoms with Crippen LogP contribution in [0.15, 0.2) is 54.6 Å². The van der Waals surface area contributed by atoms with Crippen LogP contribution in [0.1, 0.15) is 11.1 Å². The van der Waals surface area contributed by atoms with Crippen molar-refractivity contribution in [3.05, 3.63) is 65.7 Å². The molecule has 0 radical (unpaired) electrons. The third kappa shape index (κ3) is 5.70. The maximum absolute atomic E-state index is 12.6. The van der Waals surface area contributed by atoms with E-state index < -0.39 is 12.0 Å². The van der Waals surface area contributed by atoms with Crippen molar-refractivity contribution >= 4 is 29.5 Å². The van der Waals surface area contributed by atoms with E-state index in [4.69, 9.17) is 5.26 Å². The average molecular weight is 365 g/mol. The smallest absolute Gasteiger partial charge is 0.330 e. The van der Waals surface area contributed by atoms with E-state index in [1.165, 1.54) is 18.1 Å². The molecule has 0 bridgehead atoms. The van der Waals surface area contributed by atoms with Crippen molar-refractivity contribution in [2.75, 3.05) is 30.5 Å². The van der Waals surface area contributed by atoms with Gasteiger partial charge in [-0.3, -0.25) is 4.90 Å². The first-order chi connectivity index (χ1) is 13.1. The quantitative estimate of drug-likeness (QED) is 0.605. The molecule has 0 spiro atoms. The van der Waals surface area contributed by atoms with E-state index >= 15 is 0 Å². The van der Waals surface area contributed by atoms with Gasteiger partial charge in [-0.2, -0.15) is 5.26 Å². The van der Waals surface area contributed by atoms with E-state index in [9.17, 15) is 14.7 Å². The number of nitrogens with zero attached hydrogens (tertiary/aromatic N) is 2. The number of nitrogens with one attached hydrogen (secondary N) is 1. The van der Waals surface area contributed by atoms with Gasteiger partial charge in [0, 0.05) is 17.5 Å². The number of hydrogen-bond acceptors (Lipinski definition) is 5. The summed E-state index contributed by atoms with van der Waals surface area (Å²) >= 11 is 0. The normalized spacial score (nSPS) is 10.3. The third-order valence-electron chi connectivity index (χ3n) is 3.65. The summed E-state index contributed by atoms with van der Waals surface area (Å²) in [5, 5.41) is 20.8. The van der Waals surface area contributed by atoms with E-state index in [0.29, 0.717) is 16.9 Å². The van der Waals surface area contributed by atoms with Gasteiger partial charge < -0.3 is 15.2 Å². The van der Waals surface area contributed by atoms with Gasteiger partial charge >= 0.3 is 12.0 Å². The number of rotatable bonds is 6. The van der Waals surface area contributed by atoms with Crippen LogP contribution in [-0.4, -0.2) is 37.4 Å². The summed E-state index contributed by atoms with van der Waals surface area (Å²) in [5.74, 6) is -0.456. The second kappa shape index (κ2) is 9.75. The van der Waals surface area contributed by atoms with Gasteiger partial charge in [0.1, 0.15) is 0 Å². The highest BCUT2D eigenvalue weighted by Crippen LogP contribution is 2.18. The Balaban J connectivity index is 2.13. The van der Waals surface area contributed by atoms with Crippen LogP contribution in [0.5, 0.6) is 0 Å². The van der Waals surface area contributed by atoms with Crippen LogP contribution in [0.4, 0.5) is 16.2 Å². The number of benzene rings is 2. The fourth-order valence-electron chi connectivity index (χ4n) is 2.26. The molecule has 0 saturated carbocycles. The molecule has 0 saturated heterocycles. The Hall–Kier alpha value is -3.63. The van der Waals surface area contributed by atoms with Crippen molar-refractivity contribution in [1.82, 2.24) is 0 Å². The summed E-state index contributed by atoms with van der Waals surface area (Å²) in [4.78, 5) is 25.1. The third-order valence-corrected chi connectivity index (χ3v) is 3.65. The van der Waals surface area contributed by atoms with Crippen LogP contribution < -0.4 is 10.2 Å². The van der Waals surface area contributed by atoms with Gasteiger partial charge in [0.25, 0.3) is 0 Å². The van der Waals surface area contributed by atoms with E-state index in [1.54, 1.807) is 54.6 Å². The Morgan fingerprint density at radius 2 is 1.85 bits per heavy atom. The first-order valence-corrected chi connectivity index (χ1v) is 8.13. The Bertz CT molecular complexity index is 852. The number of anilines is 2. The van der Waals surface area contributed by atoms with Crippen molar-refractivity contribution in [3.8, 4) is 6.07 Å². The standard InChI is InChI=1S/C20H19N3O4/c1-27-19(25)11-6-15-4-9-18(10-5-15)23(12-13-24)20(26)22-17-7-2-16(14-21)3-8-17/h2-11,24H,12-13H2,1H3,(H,22,26)/b11-6+. The second-order valence-corrected chi connectivity index (χ2v) is 5.44. The number of amides is 2. The molecule has 0 unspecified atom stereocenters. The lowest BCUT2D eigenvalue weighted by Crippen LogP contribution is -2.37. The number of aliphatic hydroxyl groups is 1. The number of carbonyl (C=O) groups is 2. The number of aliphatic hydroxyl groups excluding tert-OH is 1. The first kappa shape index (κ1) is 19.7. The maximum atomic E-state index is 12.6. The van der Waals surface area contributed by atoms with Crippen molar-refractivity contribution < 1.29 is 19.4 Å². The number of hydrogen-bond donors (Lipinski definition) is 2. The molecule has 7 nitrogen and oxygen atoms in total. The molecule has 2 aromatic carbocycles. The monoisotopic (exact) mass is 365 g/mol. The molecule has 2 aromatic rings. The molecule has 0 atom stereocenters. The topological polar surface area (TPSA) is 103 Å². The summed E-state index contributed by atoms with van der Waals surface area (Å²) in [6.45, 7) is -0.0930. The predicted molar refractivity (Wildman–Crippen MR) is 102 cm³/mol. The minimum Gasteiger partial charge on any atom is -0.466 e. The van der Waals surface area contributed by atoms with Crippen molar-refractivity contribution in [2.45, 2.75) is 0 Å². The lowest BCUT2D eigenvalue weighted by molar-refractivity contribution is -0.134. The van der Waals surface area contributed by atoms with Crippen molar-refractivity contribution in [2.24, 2.45) is 0 Å². The molecular weight excluding hydrogens is 346 g/mol. The number of urea groups is 1. The van der Waals surface area contributed by atoms with E-state index in [2.05, 4.69) is 10.1 Å². The largest absolute Gasteiger partial charge is 0.466 e. The number of esters is 1. The zero-order valence-corrected chi connectivity index (χ0v) is 14.8. The number of methoxy groups -OCH3 is 1.